The minimum atomic E-state index is -0.0664. The third-order valence-corrected chi connectivity index (χ3v) is 6.12. The van der Waals surface area contributed by atoms with Gasteiger partial charge >= 0.3 is 0 Å². The second-order valence-corrected chi connectivity index (χ2v) is 9.35. The number of anilines is 1. The van der Waals surface area contributed by atoms with Crippen molar-refractivity contribution in [1.82, 2.24) is 24.6 Å². The van der Waals surface area contributed by atoms with Gasteiger partial charge in [0.25, 0.3) is 5.95 Å². The Labute approximate surface area is 201 Å². The maximum atomic E-state index is 13.1. The second-order valence-electron chi connectivity index (χ2n) is 9.35. The van der Waals surface area contributed by atoms with Gasteiger partial charge in [-0.2, -0.15) is 5.10 Å². The van der Waals surface area contributed by atoms with Crippen LogP contribution in [0.15, 0.2) is 30.3 Å². The summed E-state index contributed by atoms with van der Waals surface area (Å²) >= 11 is 0. The molecule has 0 aliphatic carbocycles. The molecule has 1 fully saturated rings. The lowest BCUT2D eigenvalue weighted by molar-refractivity contribution is -0.115. The Morgan fingerprint density at radius 3 is 2.38 bits per heavy atom. The molecular weight excluding hydrogens is 428 g/mol. The van der Waals surface area contributed by atoms with E-state index in [1.54, 1.807) is 4.68 Å². The van der Waals surface area contributed by atoms with Gasteiger partial charge in [0.1, 0.15) is 0 Å². The van der Waals surface area contributed by atoms with E-state index in [4.69, 9.17) is 4.74 Å². The summed E-state index contributed by atoms with van der Waals surface area (Å²) in [6, 6.07) is 9.94. The van der Waals surface area contributed by atoms with Crippen LogP contribution in [0.1, 0.15) is 47.8 Å². The molecule has 0 bridgehead atoms. The zero-order valence-corrected chi connectivity index (χ0v) is 20.9. The number of para-hydroxylation sites is 1. The van der Waals surface area contributed by atoms with E-state index in [0.29, 0.717) is 5.95 Å². The standard InChI is InChI=1S/C26H34N6O2/c1-16-11-17(2)28-26(27-16)32-21(6)23(20(5)30-32)12-25(33)29-24-10-8-7-9-22(24)15-31-13-18(3)34-19(4)14-31/h7-11,18-19H,12-15H2,1-6H3,(H,29,33). The number of hydrogen-bond acceptors (Lipinski definition) is 6. The van der Waals surface area contributed by atoms with Crippen LogP contribution in [-0.4, -0.2) is 55.9 Å². The van der Waals surface area contributed by atoms with Crippen LogP contribution in [0.5, 0.6) is 0 Å². The van der Waals surface area contributed by atoms with Gasteiger partial charge in [-0.3, -0.25) is 9.69 Å². The molecule has 8 nitrogen and oxygen atoms in total. The van der Waals surface area contributed by atoms with Crippen molar-refractivity contribution in [1.29, 1.82) is 0 Å². The number of ether oxygens (including phenoxy) is 1. The Morgan fingerprint density at radius 1 is 1.06 bits per heavy atom. The molecule has 2 aromatic heterocycles. The maximum absolute atomic E-state index is 13.1. The van der Waals surface area contributed by atoms with E-state index < -0.39 is 0 Å². The molecule has 3 heterocycles. The Balaban J connectivity index is 1.49. The first-order chi connectivity index (χ1) is 16.2. The van der Waals surface area contributed by atoms with Crippen LogP contribution in [0.3, 0.4) is 0 Å². The predicted octanol–water partition coefficient (Wildman–Crippen LogP) is 3.69. The van der Waals surface area contributed by atoms with Gasteiger partial charge in [-0.05, 0) is 59.2 Å². The first-order valence-electron chi connectivity index (χ1n) is 11.8. The summed E-state index contributed by atoms with van der Waals surface area (Å²) in [5, 5.41) is 7.75. The van der Waals surface area contributed by atoms with Crippen molar-refractivity contribution in [2.75, 3.05) is 18.4 Å². The van der Waals surface area contributed by atoms with Crippen LogP contribution in [0.4, 0.5) is 5.69 Å². The Bertz CT molecular complexity index is 1160. The molecule has 0 saturated carbocycles. The zero-order valence-electron chi connectivity index (χ0n) is 20.9. The summed E-state index contributed by atoms with van der Waals surface area (Å²) < 4.78 is 7.59. The van der Waals surface area contributed by atoms with Crippen LogP contribution in [0, 0.1) is 27.7 Å². The average Bonchev–Trinajstić information content (AvgIpc) is 3.02. The summed E-state index contributed by atoms with van der Waals surface area (Å²) in [5.74, 6) is 0.465. The van der Waals surface area contributed by atoms with Crippen molar-refractivity contribution in [3.8, 4) is 5.95 Å². The lowest BCUT2D eigenvalue weighted by Gasteiger charge is -2.35. The van der Waals surface area contributed by atoms with Crippen LogP contribution in [-0.2, 0) is 22.5 Å². The van der Waals surface area contributed by atoms with Gasteiger partial charge in [-0.25, -0.2) is 14.6 Å². The molecule has 180 valence electrons. The van der Waals surface area contributed by atoms with E-state index in [2.05, 4.69) is 45.2 Å². The highest BCUT2D eigenvalue weighted by Gasteiger charge is 2.23. The van der Waals surface area contributed by atoms with Crippen LogP contribution in [0.25, 0.3) is 5.95 Å². The van der Waals surface area contributed by atoms with Gasteiger partial charge in [0, 0.05) is 48.0 Å². The van der Waals surface area contributed by atoms with Crippen molar-refractivity contribution < 1.29 is 9.53 Å². The maximum Gasteiger partial charge on any atom is 0.251 e. The number of morpholine rings is 1. The van der Waals surface area contributed by atoms with Crippen molar-refractivity contribution in [3.05, 3.63) is 64.2 Å². The monoisotopic (exact) mass is 462 g/mol. The van der Waals surface area contributed by atoms with Crippen LogP contribution < -0.4 is 5.32 Å². The number of hydrogen-bond donors (Lipinski definition) is 1. The smallest absolute Gasteiger partial charge is 0.251 e. The normalized spacial score (nSPS) is 18.8. The number of nitrogens with one attached hydrogen (secondary N) is 1. The number of aryl methyl sites for hydroxylation is 3. The van der Waals surface area contributed by atoms with Crippen LogP contribution >= 0.6 is 0 Å². The quantitative estimate of drug-likeness (QED) is 0.601. The SMILES string of the molecule is Cc1cc(C)nc(-n2nc(C)c(CC(=O)Nc3ccccc3CN3CC(C)OC(C)C3)c2C)n1. The van der Waals surface area contributed by atoms with Gasteiger partial charge in [-0.15, -0.1) is 0 Å². The number of nitrogens with zero attached hydrogens (tertiary/aromatic N) is 5. The summed E-state index contributed by atoms with van der Waals surface area (Å²) in [4.78, 5) is 24.5. The third kappa shape index (κ3) is 5.51. The van der Waals surface area contributed by atoms with E-state index >= 15 is 0 Å². The van der Waals surface area contributed by atoms with E-state index in [0.717, 1.165) is 59.2 Å². The first-order valence-corrected chi connectivity index (χ1v) is 11.8. The minimum Gasteiger partial charge on any atom is -0.373 e. The highest BCUT2D eigenvalue weighted by molar-refractivity contribution is 5.93. The molecule has 0 spiro atoms. The molecule has 0 radical (unpaired) electrons. The molecular formula is C26H34N6O2. The molecule has 1 N–H and O–H groups in total. The fourth-order valence-electron chi connectivity index (χ4n) is 4.72. The van der Waals surface area contributed by atoms with Gasteiger partial charge in [0.2, 0.25) is 5.91 Å². The number of rotatable bonds is 6. The number of carbonyl (C=O) groups is 1. The van der Waals surface area contributed by atoms with Crippen LogP contribution in [0.2, 0.25) is 0 Å². The minimum absolute atomic E-state index is 0.0664. The van der Waals surface area contributed by atoms with E-state index in [1.807, 2.05) is 52.0 Å². The van der Waals surface area contributed by atoms with E-state index in [-0.39, 0.29) is 24.5 Å². The van der Waals surface area contributed by atoms with Gasteiger partial charge in [0.15, 0.2) is 0 Å². The summed E-state index contributed by atoms with van der Waals surface area (Å²) in [7, 11) is 0. The largest absolute Gasteiger partial charge is 0.373 e. The summed E-state index contributed by atoms with van der Waals surface area (Å²) in [6.07, 6.45) is 0.644. The Hall–Kier alpha value is -3.10. The van der Waals surface area contributed by atoms with Gasteiger partial charge in [-0.1, -0.05) is 18.2 Å². The van der Waals surface area contributed by atoms with E-state index in [1.165, 1.54) is 0 Å². The van der Waals surface area contributed by atoms with Crippen molar-refractivity contribution in [2.24, 2.45) is 0 Å². The predicted molar refractivity (Wildman–Crippen MR) is 132 cm³/mol. The van der Waals surface area contributed by atoms with Crippen molar-refractivity contribution in [3.63, 3.8) is 0 Å². The molecule has 1 saturated heterocycles. The lowest BCUT2D eigenvalue weighted by atomic mass is 10.1. The molecule has 3 aromatic rings. The molecule has 1 aliphatic heterocycles. The second kappa shape index (κ2) is 10.0. The number of benzene rings is 1. The van der Waals surface area contributed by atoms with Gasteiger partial charge < -0.3 is 10.1 Å². The fourth-order valence-corrected chi connectivity index (χ4v) is 4.72. The molecule has 1 aliphatic rings. The van der Waals surface area contributed by atoms with Crippen molar-refractivity contribution >= 4 is 11.6 Å². The number of carbonyl (C=O) groups excluding carboxylic acids is 1. The summed E-state index contributed by atoms with van der Waals surface area (Å²) in [5.41, 5.74) is 6.30. The number of aromatic nitrogens is 4. The molecule has 8 heteroatoms. The third-order valence-electron chi connectivity index (χ3n) is 6.12. The topological polar surface area (TPSA) is 85.2 Å². The Morgan fingerprint density at radius 2 is 1.71 bits per heavy atom. The molecule has 34 heavy (non-hydrogen) atoms. The number of amides is 1. The highest BCUT2D eigenvalue weighted by Crippen LogP contribution is 2.22. The lowest BCUT2D eigenvalue weighted by Crippen LogP contribution is -2.44. The zero-order chi connectivity index (χ0) is 24.4. The molecule has 1 aromatic carbocycles. The fraction of sp³-hybridized carbons (Fsp3) is 0.462. The Kier molecular flexibility index (Phi) is 7.09. The van der Waals surface area contributed by atoms with E-state index in [9.17, 15) is 4.79 Å². The highest BCUT2D eigenvalue weighted by atomic mass is 16.5. The average molecular weight is 463 g/mol. The van der Waals surface area contributed by atoms with Gasteiger partial charge in [0.05, 0.1) is 24.3 Å². The molecule has 4 rings (SSSR count). The first kappa shape index (κ1) is 24.0. The van der Waals surface area contributed by atoms with Crippen molar-refractivity contribution in [2.45, 2.75) is 66.7 Å². The molecule has 2 atom stereocenters. The molecule has 1 amide bonds. The summed E-state index contributed by atoms with van der Waals surface area (Å²) in [6.45, 7) is 14.5. The molecule has 2 unspecified atom stereocenters.